The third-order valence-electron chi connectivity index (χ3n) is 13.0. The Morgan fingerprint density at radius 1 is 0.464 bits per heavy atom. The van der Waals surface area contributed by atoms with Crippen LogP contribution < -0.4 is 0 Å². The van der Waals surface area contributed by atoms with Crippen molar-refractivity contribution >= 4 is 23.9 Å². The Morgan fingerprint density at radius 2 is 0.826 bits per heavy atom. The molecular weight excluding hydrogens is 877 g/mol. The number of allylic oxidation sites excluding steroid dienone is 4. The second kappa shape index (κ2) is 46.3. The molecule has 6 atom stereocenters. The van der Waals surface area contributed by atoms with E-state index >= 15 is 0 Å². The monoisotopic (exact) mass is 979 g/mol. The van der Waals surface area contributed by atoms with Crippen molar-refractivity contribution in [2.24, 2.45) is 0 Å². The Hall–Kier alpha value is -2.80. The number of aliphatic carboxylic acids is 1. The standard InChI is InChI=1S/C57H102O12/c1-4-7-10-13-16-19-21-23-25-27-29-32-34-37-40-43-49(58)65-46-48(67-50(59)44-41-38-35-31-18-15-12-9-6-3)47-66-57-55(53(62)52(61)54(69-57)56(63)64)68-51(60)45-42-39-36-33-30-28-26-24-22-20-17-14-11-8-5-2/h23-26,48,52-55,57,61-62H,4-22,27-47H2,1-3H3,(H,63,64)/b25-23-,26-24-. The molecule has 0 bridgehead atoms. The van der Waals surface area contributed by atoms with Gasteiger partial charge in [-0.3, -0.25) is 14.4 Å². The number of rotatable bonds is 48. The van der Waals surface area contributed by atoms with Crippen LogP contribution >= 0.6 is 0 Å². The van der Waals surface area contributed by atoms with Gasteiger partial charge in [-0.15, -0.1) is 0 Å². The Balaban J connectivity index is 2.67. The van der Waals surface area contributed by atoms with Gasteiger partial charge in [-0.25, -0.2) is 4.79 Å². The van der Waals surface area contributed by atoms with Gasteiger partial charge in [-0.2, -0.15) is 0 Å². The van der Waals surface area contributed by atoms with E-state index in [1.807, 2.05) is 0 Å². The summed E-state index contributed by atoms with van der Waals surface area (Å²) in [6.07, 6.45) is 38.8. The third-order valence-corrected chi connectivity index (χ3v) is 13.0. The minimum Gasteiger partial charge on any atom is -0.479 e. The largest absolute Gasteiger partial charge is 0.479 e. The topological polar surface area (TPSA) is 175 Å². The summed E-state index contributed by atoms with van der Waals surface area (Å²) in [4.78, 5) is 50.9. The molecule has 0 aromatic rings. The number of carbonyl (C=O) groups is 4. The average molecular weight is 979 g/mol. The highest BCUT2D eigenvalue weighted by molar-refractivity contribution is 5.74. The van der Waals surface area contributed by atoms with Gasteiger partial charge in [0.1, 0.15) is 18.8 Å². The van der Waals surface area contributed by atoms with Crippen molar-refractivity contribution in [3.63, 3.8) is 0 Å². The molecule has 12 heteroatoms. The van der Waals surface area contributed by atoms with Crippen molar-refractivity contribution in [3.8, 4) is 0 Å². The predicted octanol–water partition coefficient (Wildman–Crippen LogP) is 13.9. The lowest BCUT2D eigenvalue weighted by atomic mass is 9.98. The summed E-state index contributed by atoms with van der Waals surface area (Å²) in [7, 11) is 0. The lowest BCUT2D eigenvalue weighted by molar-refractivity contribution is -0.301. The molecule has 1 heterocycles. The van der Waals surface area contributed by atoms with Crippen LogP contribution in [0.4, 0.5) is 0 Å². The van der Waals surface area contributed by atoms with Gasteiger partial charge in [0.2, 0.25) is 0 Å². The number of esters is 3. The van der Waals surface area contributed by atoms with E-state index in [0.29, 0.717) is 19.3 Å². The van der Waals surface area contributed by atoms with Crippen molar-refractivity contribution in [1.82, 2.24) is 0 Å². The molecule has 1 aliphatic rings. The predicted molar refractivity (Wildman–Crippen MR) is 276 cm³/mol. The molecule has 6 unspecified atom stereocenters. The zero-order valence-corrected chi connectivity index (χ0v) is 44.1. The highest BCUT2D eigenvalue weighted by Crippen LogP contribution is 2.26. The number of hydrogen-bond donors (Lipinski definition) is 3. The molecule has 0 spiro atoms. The Labute approximate surface area is 419 Å². The fourth-order valence-electron chi connectivity index (χ4n) is 8.59. The average Bonchev–Trinajstić information content (AvgIpc) is 3.33. The number of unbranched alkanes of at least 4 members (excludes halogenated alkanes) is 30. The van der Waals surface area contributed by atoms with E-state index in [1.54, 1.807) is 0 Å². The highest BCUT2D eigenvalue weighted by atomic mass is 16.7. The third kappa shape index (κ3) is 36.7. The second-order valence-electron chi connectivity index (χ2n) is 19.6. The first-order valence-electron chi connectivity index (χ1n) is 28.3. The van der Waals surface area contributed by atoms with Crippen LogP contribution in [0.5, 0.6) is 0 Å². The molecule has 0 radical (unpaired) electrons. The minimum absolute atomic E-state index is 0.0539. The van der Waals surface area contributed by atoms with E-state index in [-0.39, 0.29) is 25.9 Å². The van der Waals surface area contributed by atoms with Gasteiger partial charge >= 0.3 is 23.9 Å². The zero-order chi connectivity index (χ0) is 50.4. The van der Waals surface area contributed by atoms with E-state index in [9.17, 15) is 34.5 Å². The van der Waals surface area contributed by atoms with Gasteiger partial charge in [0.25, 0.3) is 0 Å². The summed E-state index contributed by atoms with van der Waals surface area (Å²) in [5.74, 6) is -3.12. The summed E-state index contributed by atoms with van der Waals surface area (Å²) >= 11 is 0. The van der Waals surface area contributed by atoms with E-state index < -0.39 is 67.3 Å². The lowest BCUT2D eigenvalue weighted by Crippen LogP contribution is -2.61. The van der Waals surface area contributed by atoms with E-state index in [2.05, 4.69) is 45.1 Å². The van der Waals surface area contributed by atoms with Crippen molar-refractivity contribution in [2.75, 3.05) is 13.2 Å². The van der Waals surface area contributed by atoms with Crippen LogP contribution in [0.2, 0.25) is 0 Å². The number of ether oxygens (including phenoxy) is 5. The lowest BCUT2D eigenvalue weighted by Gasteiger charge is -2.40. The maximum atomic E-state index is 13.0. The zero-order valence-electron chi connectivity index (χ0n) is 44.1. The smallest absolute Gasteiger partial charge is 0.335 e. The molecular formula is C57H102O12. The van der Waals surface area contributed by atoms with Crippen LogP contribution in [-0.2, 0) is 42.9 Å². The van der Waals surface area contributed by atoms with Crippen molar-refractivity contribution in [1.29, 1.82) is 0 Å². The molecule has 1 fully saturated rings. The Bertz CT molecular complexity index is 1300. The van der Waals surface area contributed by atoms with Gasteiger partial charge in [-0.1, -0.05) is 199 Å². The summed E-state index contributed by atoms with van der Waals surface area (Å²) in [6.45, 7) is 5.95. The number of aliphatic hydroxyl groups excluding tert-OH is 2. The number of carboxylic acids is 1. The van der Waals surface area contributed by atoms with Gasteiger partial charge < -0.3 is 39.0 Å². The maximum absolute atomic E-state index is 13.0. The SMILES string of the molecule is CCCCCCCC/C=C\CCCCCCCC(=O)OCC(COC1OC(C(=O)O)C(O)C(O)C1OC(=O)CCCCCCC/C=C\CCCCCCCC)OC(=O)CCCCCCCCCCC. The number of carboxylic acid groups (broad SMARTS) is 1. The molecule has 0 aliphatic carbocycles. The first-order valence-corrected chi connectivity index (χ1v) is 28.3. The first kappa shape index (κ1) is 64.2. The molecule has 1 saturated heterocycles. The molecule has 1 rings (SSSR count). The molecule has 402 valence electrons. The van der Waals surface area contributed by atoms with Crippen LogP contribution in [0.1, 0.15) is 265 Å². The normalized spacial score (nSPS) is 18.8. The highest BCUT2D eigenvalue weighted by Gasteiger charge is 2.50. The van der Waals surface area contributed by atoms with Crippen LogP contribution in [0.3, 0.4) is 0 Å². The van der Waals surface area contributed by atoms with Crippen molar-refractivity contribution in [2.45, 2.75) is 302 Å². The number of carbonyl (C=O) groups excluding carboxylic acids is 3. The van der Waals surface area contributed by atoms with Gasteiger partial charge in [0, 0.05) is 19.3 Å². The fourth-order valence-corrected chi connectivity index (χ4v) is 8.59. The van der Waals surface area contributed by atoms with Crippen LogP contribution in [0.25, 0.3) is 0 Å². The van der Waals surface area contributed by atoms with Gasteiger partial charge in [0.15, 0.2) is 24.6 Å². The van der Waals surface area contributed by atoms with E-state index in [4.69, 9.17) is 23.7 Å². The molecule has 12 nitrogen and oxygen atoms in total. The number of aliphatic hydroxyl groups is 2. The summed E-state index contributed by atoms with van der Waals surface area (Å²) in [6, 6.07) is 0. The Morgan fingerprint density at radius 3 is 1.23 bits per heavy atom. The minimum atomic E-state index is -1.90. The summed E-state index contributed by atoms with van der Waals surface area (Å²) in [5.41, 5.74) is 0. The van der Waals surface area contributed by atoms with Crippen LogP contribution in [0, 0.1) is 0 Å². The van der Waals surface area contributed by atoms with Crippen LogP contribution in [0.15, 0.2) is 24.3 Å². The second-order valence-corrected chi connectivity index (χ2v) is 19.6. The quantitative estimate of drug-likeness (QED) is 0.0228. The number of hydrogen-bond acceptors (Lipinski definition) is 11. The molecule has 3 N–H and O–H groups in total. The molecule has 1 aliphatic heterocycles. The van der Waals surface area contributed by atoms with Gasteiger partial charge in [0.05, 0.1) is 6.61 Å². The molecule has 0 aromatic heterocycles. The van der Waals surface area contributed by atoms with Crippen LogP contribution in [-0.4, -0.2) is 89.2 Å². The van der Waals surface area contributed by atoms with E-state index in [1.165, 1.54) is 109 Å². The molecule has 0 amide bonds. The Kier molecular flexibility index (Phi) is 43.1. The first-order chi connectivity index (χ1) is 33.6. The van der Waals surface area contributed by atoms with Crippen molar-refractivity contribution < 1.29 is 58.2 Å². The fraction of sp³-hybridized carbons (Fsp3) is 0.860. The summed E-state index contributed by atoms with van der Waals surface area (Å²) in [5, 5.41) is 31.4. The molecule has 0 aromatic carbocycles. The molecule has 0 saturated carbocycles. The van der Waals surface area contributed by atoms with Crippen molar-refractivity contribution in [3.05, 3.63) is 24.3 Å². The molecule has 69 heavy (non-hydrogen) atoms. The van der Waals surface area contributed by atoms with E-state index in [0.717, 1.165) is 96.3 Å². The maximum Gasteiger partial charge on any atom is 0.335 e. The summed E-state index contributed by atoms with van der Waals surface area (Å²) < 4.78 is 28.3. The van der Waals surface area contributed by atoms with Gasteiger partial charge in [-0.05, 0) is 70.6 Å².